The van der Waals surface area contributed by atoms with Crippen molar-refractivity contribution in [2.75, 3.05) is 35.4 Å². The van der Waals surface area contributed by atoms with Crippen LogP contribution in [0.3, 0.4) is 0 Å². The summed E-state index contributed by atoms with van der Waals surface area (Å²) in [5, 5.41) is 9.35. The number of hydrogen-bond acceptors (Lipinski definition) is 6. The van der Waals surface area contributed by atoms with Gasteiger partial charge in [-0.2, -0.15) is 0 Å². The lowest BCUT2D eigenvalue weighted by atomic mass is 10.0. The summed E-state index contributed by atoms with van der Waals surface area (Å²) in [5.74, 6) is 0.683. The van der Waals surface area contributed by atoms with Crippen molar-refractivity contribution >= 4 is 67.1 Å². The number of fused-ring (bicyclic) bond motifs is 2. The van der Waals surface area contributed by atoms with E-state index in [1.807, 2.05) is 84.2 Å². The van der Waals surface area contributed by atoms with Crippen LogP contribution < -0.4 is 26.0 Å². The molecule has 0 saturated carbocycles. The number of rotatable bonds is 6. The van der Waals surface area contributed by atoms with Crippen molar-refractivity contribution in [3.8, 4) is 16.9 Å². The number of carbonyl (C=O) groups is 2. The third-order valence-corrected chi connectivity index (χ3v) is 7.83. The van der Waals surface area contributed by atoms with E-state index in [9.17, 15) is 9.59 Å². The van der Waals surface area contributed by atoms with Gasteiger partial charge in [0.1, 0.15) is 17.3 Å². The molecule has 9 nitrogen and oxygen atoms in total. The van der Waals surface area contributed by atoms with Crippen LogP contribution in [0.25, 0.3) is 32.1 Å². The summed E-state index contributed by atoms with van der Waals surface area (Å²) in [7, 11) is 3.28. The first kappa shape index (κ1) is 25.9. The van der Waals surface area contributed by atoms with E-state index in [-0.39, 0.29) is 11.9 Å². The smallest absolute Gasteiger partial charge is 0.323 e. The Hall–Kier alpha value is -5.35. The van der Waals surface area contributed by atoms with Gasteiger partial charge in [-0.25, -0.2) is 9.78 Å². The number of amides is 3. The molecule has 3 aromatic heterocycles. The minimum Gasteiger partial charge on any atom is -0.495 e. The van der Waals surface area contributed by atoms with Gasteiger partial charge in [-0.3, -0.25) is 4.79 Å². The number of methoxy groups -OCH3 is 1. The van der Waals surface area contributed by atoms with Crippen molar-refractivity contribution in [2.45, 2.75) is 0 Å². The molecule has 0 aliphatic heterocycles. The van der Waals surface area contributed by atoms with Crippen LogP contribution in [-0.4, -0.2) is 36.1 Å². The molecule has 41 heavy (non-hydrogen) atoms. The number of hydrogen-bond donors (Lipinski definition) is 4. The Balaban J connectivity index is 1.30. The molecule has 0 aliphatic rings. The molecular formula is C31H26N6O3S. The van der Waals surface area contributed by atoms with Crippen LogP contribution in [0.2, 0.25) is 0 Å². The first-order valence-electron chi connectivity index (χ1n) is 12.8. The molecule has 0 unspecified atom stereocenters. The van der Waals surface area contributed by atoms with Crippen molar-refractivity contribution < 1.29 is 14.3 Å². The molecule has 3 amide bonds. The summed E-state index contributed by atoms with van der Waals surface area (Å²) >= 11 is 1.45. The molecule has 3 heterocycles. The summed E-state index contributed by atoms with van der Waals surface area (Å²) < 4.78 is 6.51. The standard InChI is InChI=1S/C31H26N6O3S/c1-37(30(38)23-14-19-8-6-7-11-22(19)35-23)25-13-12-18(15-26(25)40-2)21-17-41-28-24(16-33-29(32)27(21)28)36-31(39)34-20-9-4-3-5-10-20/h3-17,35H,1-2H3,(H2,32,33)(H2,34,36,39). The Morgan fingerprint density at radius 3 is 2.56 bits per heavy atom. The zero-order chi connectivity index (χ0) is 28.5. The highest BCUT2D eigenvalue weighted by Crippen LogP contribution is 2.42. The lowest BCUT2D eigenvalue weighted by Crippen LogP contribution is -2.26. The second-order valence-corrected chi connectivity index (χ2v) is 10.3. The number of thiophene rings is 1. The van der Waals surface area contributed by atoms with Crippen LogP contribution in [0.4, 0.5) is 27.7 Å². The van der Waals surface area contributed by atoms with Crippen LogP contribution in [0.15, 0.2) is 90.4 Å². The fraction of sp³-hybridized carbons (Fsp3) is 0.0645. The first-order valence-corrected chi connectivity index (χ1v) is 13.6. The van der Waals surface area contributed by atoms with E-state index in [1.54, 1.807) is 25.3 Å². The van der Waals surface area contributed by atoms with Gasteiger partial charge in [0, 0.05) is 40.0 Å². The number of aromatic amines is 1. The molecule has 0 atom stereocenters. The Bertz CT molecular complexity index is 1880. The quantitative estimate of drug-likeness (QED) is 0.175. The van der Waals surface area contributed by atoms with Crippen LogP contribution >= 0.6 is 11.3 Å². The summed E-state index contributed by atoms with van der Waals surface area (Å²) in [6.07, 6.45) is 1.55. The molecule has 5 N–H and O–H groups in total. The number of nitrogens with one attached hydrogen (secondary N) is 3. The highest BCUT2D eigenvalue weighted by atomic mass is 32.1. The van der Waals surface area contributed by atoms with E-state index >= 15 is 0 Å². The number of pyridine rings is 1. The highest BCUT2D eigenvalue weighted by molar-refractivity contribution is 7.18. The predicted molar refractivity (Wildman–Crippen MR) is 166 cm³/mol. The maximum atomic E-state index is 13.3. The Morgan fingerprint density at radius 1 is 1.00 bits per heavy atom. The number of nitrogens with two attached hydrogens (primary N) is 1. The third-order valence-electron chi connectivity index (χ3n) is 6.82. The minimum atomic E-state index is -0.382. The monoisotopic (exact) mass is 562 g/mol. The summed E-state index contributed by atoms with van der Waals surface area (Å²) in [4.78, 5) is 35.1. The van der Waals surface area contributed by atoms with Crippen molar-refractivity contribution in [2.24, 2.45) is 0 Å². The topological polar surface area (TPSA) is 125 Å². The van der Waals surface area contributed by atoms with Crippen LogP contribution in [-0.2, 0) is 0 Å². The van der Waals surface area contributed by atoms with E-state index in [2.05, 4.69) is 20.6 Å². The van der Waals surface area contributed by atoms with Gasteiger partial charge in [-0.15, -0.1) is 11.3 Å². The molecular weight excluding hydrogens is 536 g/mol. The Labute approximate surface area is 239 Å². The number of nitrogen functional groups attached to an aromatic ring is 1. The van der Waals surface area contributed by atoms with Crippen molar-refractivity contribution in [3.05, 3.63) is 96.1 Å². The molecule has 0 aliphatic carbocycles. The second-order valence-electron chi connectivity index (χ2n) is 9.38. The largest absolute Gasteiger partial charge is 0.495 e. The number of carbonyl (C=O) groups excluding carboxylic acids is 2. The van der Waals surface area contributed by atoms with Crippen molar-refractivity contribution in [1.82, 2.24) is 9.97 Å². The van der Waals surface area contributed by atoms with E-state index < -0.39 is 0 Å². The van der Waals surface area contributed by atoms with Gasteiger partial charge < -0.3 is 31.0 Å². The molecule has 0 fully saturated rings. The van der Waals surface area contributed by atoms with Crippen molar-refractivity contribution in [3.63, 3.8) is 0 Å². The van der Waals surface area contributed by atoms with Crippen LogP contribution in [0.1, 0.15) is 10.5 Å². The number of nitrogens with zero attached hydrogens (tertiary/aromatic N) is 2. The van der Waals surface area contributed by atoms with E-state index in [0.29, 0.717) is 34.3 Å². The molecule has 0 saturated heterocycles. The lowest BCUT2D eigenvalue weighted by Gasteiger charge is -2.20. The number of benzene rings is 3. The zero-order valence-electron chi connectivity index (χ0n) is 22.3. The maximum Gasteiger partial charge on any atom is 0.323 e. The fourth-order valence-electron chi connectivity index (χ4n) is 4.78. The van der Waals surface area contributed by atoms with Gasteiger partial charge in [0.15, 0.2) is 0 Å². The van der Waals surface area contributed by atoms with Gasteiger partial charge in [-0.05, 0) is 42.0 Å². The minimum absolute atomic E-state index is 0.189. The van der Waals surface area contributed by atoms with Gasteiger partial charge >= 0.3 is 6.03 Å². The average Bonchev–Trinajstić information content (AvgIpc) is 3.64. The SMILES string of the molecule is COc1cc(-c2csc3c(NC(=O)Nc4ccccc4)cnc(N)c23)ccc1N(C)C(=O)c1cc2ccccc2[nH]1. The molecule has 0 spiro atoms. The summed E-state index contributed by atoms with van der Waals surface area (Å²) in [5.41, 5.74) is 11.2. The molecule has 6 rings (SSSR count). The Kier molecular flexibility index (Phi) is 6.74. The molecule has 6 aromatic rings. The number of aromatic nitrogens is 2. The molecule has 0 radical (unpaired) electrons. The number of anilines is 4. The molecule has 10 heteroatoms. The number of urea groups is 1. The molecule has 0 bridgehead atoms. The van der Waals surface area contributed by atoms with Crippen LogP contribution in [0, 0.1) is 0 Å². The van der Waals surface area contributed by atoms with E-state index in [4.69, 9.17) is 10.5 Å². The zero-order valence-corrected chi connectivity index (χ0v) is 23.1. The van der Waals surface area contributed by atoms with Crippen LogP contribution in [0.5, 0.6) is 5.75 Å². The summed E-state index contributed by atoms with van der Waals surface area (Å²) in [6, 6.07) is 24.0. The second kappa shape index (κ2) is 10.7. The molecule has 3 aromatic carbocycles. The maximum absolute atomic E-state index is 13.3. The summed E-state index contributed by atoms with van der Waals surface area (Å²) in [6.45, 7) is 0. The Morgan fingerprint density at radius 2 is 1.78 bits per heavy atom. The first-order chi connectivity index (χ1) is 19.9. The molecule has 204 valence electrons. The number of para-hydroxylation sites is 2. The third kappa shape index (κ3) is 4.92. The van der Waals surface area contributed by atoms with Gasteiger partial charge in [0.05, 0.1) is 29.4 Å². The van der Waals surface area contributed by atoms with Crippen molar-refractivity contribution in [1.29, 1.82) is 0 Å². The highest BCUT2D eigenvalue weighted by Gasteiger charge is 2.21. The van der Waals surface area contributed by atoms with Gasteiger partial charge in [0.25, 0.3) is 5.91 Å². The van der Waals surface area contributed by atoms with E-state index in [1.165, 1.54) is 11.3 Å². The average molecular weight is 563 g/mol. The van der Waals surface area contributed by atoms with Gasteiger partial charge in [0.2, 0.25) is 0 Å². The normalized spacial score (nSPS) is 11.0. The lowest BCUT2D eigenvalue weighted by molar-refractivity contribution is 0.0988. The van der Waals surface area contributed by atoms with E-state index in [0.717, 1.165) is 32.1 Å². The predicted octanol–water partition coefficient (Wildman–Crippen LogP) is 6.96. The number of H-pyrrole nitrogens is 1. The van der Waals surface area contributed by atoms with Gasteiger partial charge in [-0.1, -0.05) is 42.5 Å². The number of ether oxygens (including phenoxy) is 1. The fourth-order valence-corrected chi connectivity index (χ4v) is 5.83.